The Labute approximate surface area is 294 Å². The van der Waals surface area contributed by atoms with Crippen LogP contribution in [0, 0.1) is 23.7 Å². The summed E-state index contributed by atoms with van der Waals surface area (Å²) in [5.74, 6) is -5.09. The van der Waals surface area contributed by atoms with E-state index in [9.17, 15) is 19.5 Å². The number of carbonyl (C=O) groups excluding carboxylic acids is 3. The van der Waals surface area contributed by atoms with Gasteiger partial charge in [0, 0.05) is 50.2 Å². The maximum atomic E-state index is 14.3. The van der Waals surface area contributed by atoms with Crippen molar-refractivity contribution in [2.45, 2.75) is 193 Å². The third-order valence-corrected chi connectivity index (χ3v) is 11.2. The van der Waals surface area contributed by atoms with Crippen LogP contribution in [-0.2, 0) is 33.3 Å². The van der Waals surface area contributed by atoms with E-state index in [1.807, 2.05) is 111 Å². The van der Waals surface area contributed by atoms with Crippen molar-refractivity contribution in [1.82, 2.24) is 21.3 Å². The number of rotatable bonds is 9. The Balaban J connectivity index is 1.81. The average Bonchev–Trinajstić information content (AvgIpc) is 3.41. The Kier molecular flexibility index (Phi) is 9.88. The lowest BCUT2D eigenvalue weighted by molar-refractivity contribution is -0.482. The average molecular weight is 695 g/mol. The zero-order valence-electron chi connectivity index (χ0n) is 33.0. The van der Waals surface area contributed by atoms with Crippen LogP contribution < -0.4 is 21.3 Å². The normalized spacial score (nSPS) is 34.5. The highest BCUT2D eigenvalue weighted by Crippen LogP contribution is 2.44. The molecule has 0 amide bonds. The van der Waals surface area contributed by atoms with Crippen molar-refractivity contribution in [3.8, 4) is 0 Å². The molecule has 5 atom stereocenters. The first-order valence-corrected chi connectivity index (χ1v) is 17.9. The highest BCUT2D eigenvalue weighted by Gasteiger charge is 2.61. The summed E-state index contributed by atoms with van der Waals surface area (Å²) in [7, 11) is 0. The van der Waals surface area contributed by atoms with E-state index in [0.717, 1.165) is 0 Å². The fraction of sp³-hybridized carbons (Fsp3) is 0.919. The van der Waals surface area contributed by atoms with E-state index < -0.39 is 92.8 Å². The van der Waals surface area contributed by atoms with Gasteiger partial charge in [-0.05, 0) is 136 Å². The number of carbonyl (C=O) groups is 3. The van der Waals surface area contributed by atoms with E-state index in [4.69, 9.17) is 18.9 Å². The van der Waals surface area contributed by atoms with Crippen molar-refractivity contribution in [3.05, 3.63) is 0 Å². The van der Waals surface area contributed by atoms with Gasteiger partial charge in [-0.15, -0.1) is 0 Å². The lowest BCUT2D eigenvalue weighted by Crippen LogP contribution is -2.57. The summed E-state index contributed by atoms with van der Waals surface area (Å²) in [6.45, 7) is 31.2. The predicted molar refractivity (Wildman–Crippen MR) is 186 cm³/mol. The molecule has 49 heavy (non-hydrogen) atoms. The van der Waals surface area contributed by atoms with Crippen LogP contribution in [-0.4, -0.2) is 79.8 Å². The van der Waals surface area contributed by atoms with Crippen molar-refractivity contribution < 1.29 is 38.4 Å². The second-order valence-electron chi connectivity index (χ2n) is 20.3. The SMILES string of the molecule is CC1(C)CC(C(=O)OC(OC(=O)C2CC(C)(C)NC2(C)C)(OC(=O)C2CC(C)(C)NC2(C)C)OC(O)C2CC(C)(C)NC2(C)C)C(C)(C)N1. The molecule has 0 aromatic carbocycles. The lowest BCUT2D eigenvalue weighted by Gasteiger charge is -2.39. The molecule has 4 aliphatic rings. The van der Waals surface area contributed by atoms with Crippen LogP contribution in [0.4, 0.5) is 0 Å². The molecule has 0 saturated carbocycles. The highest BCUT2D eigenvalue weighted by molar-refractivity contribution is 5.79. The smallest absolute Gasteiger partial charge is 0.367 e. The summed E-state index contributed by atoms with van der Waals surface area (Å²) in [6.07, 6.45) is -3.01. The van der Waals surface area contributed by atoms with Gasteiger partial charge >= 0.3 is 24.1 Å². The summed E-state index contributed by atoms with van der Waals surface area (Å²) >= 11 is 0. The summed E-state index contributed by atoms with van der Waals surface area (Å²) in [5.41, 5.74) is -4.40. The maximum absolute atomic E-state index is 14.3. The van der Waals surface area contributed by atoms with Gasteiger partial charge in [-0.1, -0.05) is 0 Å². The molecule has 12 heteroatoms. The molecule has 0 aromatic heterocycles. The van der Waals surface area contributed by atoms with Crippen LogP contribution >= 0.6 is 0 Å². The standard InChI is InChI=1S/C37H66N4O8/c1-29(2)17-21(33(9,10)38-29)25(42)46-37(47-26(43)22-18-30(3,4)39-34(22,11)12,48-27(44)23-19-31(5,6)40-35(23,13)14)49-28(45)24-20-32(7,8)41-36(24,15)16/h21-25,38-42H,17-20H2,1-16H3. The molecule has 282 valence electrons. The molecule has 0 bridgehead atoms. The van der Waals surface area contributed by atoms with Crippen LogP contribution in [0.2, 0.25) is 0 Å². The molecule has 12 nitrogen and oxygen atoms in total. The van der Waals surface area contributed by atoms with Crippen molar-refractivity contribution >= 4 is 17.9 Å². The molecule has 0 aromatic rings. The third-order valence-electron chi connectivity index (χ3n) is 11.2. The van der Waals surface area contributed by atoms with Gasteiger partial charge in [0.25, 0.3) is 0 Å². The van der Waals surface area contributed by atoms with Crippen molar-refractivity contribution in [1.29, 1.82) is 0 Å². The summed E-state index contributed by atoms with van der Waals surface area (Å²) < 4.78 is 24.5. The van der Waals surface area contributed by atoms with E-state index in [2.05, 4.69) is 21.3 Å². The molecular formula is C37H66N4O8. The second kappa shape index (κ2) is 12.1. The van der Waals surface area contributed by atoms with E-state index in [-0.39, 0.29) is 5.54 Å². The molecule has 5 unspecified atom stereocenters. The highest BCUT2D eigenvalue weighted by atomic mass is 17.0. The van der Waals surface area contributed by atoms with Crippen LogP contribution in [0.15, 0.2) is 0 Å². The zero-order valence-corrected chi connectivity index (χ0v) is 33.0. The minimum absolute atomic E-state index is 0.368. The van der Waals surface area contributed by atoms with E-state index in [1.54, 1.807) is 0 Å². The quantitative estimate of drug-likeness (QED) is 0.173. The van der Waals surface area contributed by atoms with Gasteiger partial charge in [0.1, 0.15) is 0 Å². The fourth-order valence-electron chi connectivity index (χ4n) is 9.69. The first-order chi connectivity index (χ1) is 21.7. The Bertz CT molecular complexity index is 1200. The lowest BCUT2D eigenvalue weighted by atomic mass is 9.86. The van der Waals surface area contributed by atoms with Gasteiger partial charge < -0.3 is 40.6 Å². The Morgan fingerprint density at radius 2 is 0.776 bits per heavy atom. The van der Waals surface area contributed by atoms with Gasteiger partial charge in [0.2, 0.25) is 0 Å². The van der Waals surface area contributed by atoms with E-state index in [0.29, 0.717) is 25.7 Å². The monoisotopic (exact) mass is 694 g/mol. The second-order valence-corrected chi connectivity index (χ2v) is 20.3. The number of aliphatic hydroxyl groups excluding tert-OH is 1. The molecule has 5 N–H and O–H groups in total. The van der Waals surface area contributed by atoms with Gasteiger partial charge in [0.15, 0.2) is 6.29 Å². The molecule has 4 saturated heterocycles. The largest absolute Gasteiger partial charge is 0.568 e. The maximum Gasteiger partial charge on any atom is 0.568 e. The van der Waals surface area contributed by atoms with Crippen molar-refractivity contribution in [2.75, 3.05) is 0 Å². The van der Waals surface area contributed by atoms with Crippen LogP contribution in [0.5, 0.6) is 0 Å². The third kappa shape index (κ3) is 8.63. The number of aliphatic hydroxyl groups is 1. The number of ether oxygens (including phenoxy) is 4. The molecule has 4 heterocycles. The number of hydrogen-bond donors (Lipinski definition) is 5. The van der Waals surface area contributed by atoms with Crippen molar-refractivity contribution in [2.24, 2.45) is 23.7 Å². The molecular weight excluding hydrogens is 628 g/mol. The first kappa shape index (κ1) is 39.9. The van der Waals surface area contributed by atoms with Crippen LogP contribution in [0.3, 0.4) is 0 Å². The minimum atomic E-state index is -3.01. The van der Waals surface area contributed by atoms with Crippen LogP contribution in [0.1, 0.15) is 136 Å². The van der Waals surface area contributed by atoms with Gasteiger partial charge in [-0.2, -0.15) is 0 Å². The van der Waals surface area contributed by atoms with E-state index in [1.165, 1.54) is 0 Å². The van der Waals surface area contributed by atoms with Gasteiger partial charge in [0.05, 0.1) is 17.8 Å². The topological polar surface area (TPSA) is 156 Å². The molecule has 4 rings (SSSR count). The van der Waals surface area contributed by atoms with Crippen molar-refractivity contribution in [3.63, 3.8) is 0 Å². The van der Waals surface area contributed by atoms with Gasteiger partial charge in [-0.25, -0.2) is 4.74 Å². The number of nitrogens with one attached hydrogen (secondary N) is 4. The van der Waals surface area contributed by atoms with E-state index >= 15 is 0 Å². The molecule has 0 spiro atoms. The molecule has 4 fully saturated rings. The zero-order chi connectivity index (χ0) is 37.6. The summed E-state index contributed by atoms with van der Waals surface area (Å²) in [4.78, 5) is 43.0. The summed E-state index contributed by atoms with van der Waals surface area (Å²) in [6, 6.07) is 0. The molecule has 0 aliphatic carbocycles. The Hall–Kier alpha value is -1.83. The predicted octanol–water partition coefficient (Wildman–Crippen LogP) is 4.23. The Morgan fingerprint density at radius 3 is 1.00 bits per heavy atom. The fourth-order valence-corrected chi connectivity index (χ4v) is 9.69. The Morgan fingerprint density at radius 1 is 0.510 bits per heavy atom. The summed E-state index contributed by atoms with van der Waals surface area (Å²) in [5, 5.41) is 25.8. The number of hydrogen-bond acceptors (Lipinski definition) is 12. The molecule has 0 radical (unpaired) electrons. The van der Waals surface area contributed by atoms with Gasteiger partial charge in [-0.3, -0.25) is 14.4 Å². The first-order valence-electron chi connectivity index (χ1n) is 17.9. The molecule has 4 aliphatic heterocycles. The minimum Gasteiger partial charge on any atom is -0.367 e. The van der Waals surface area contributed by atoms with Crippen LogP contribution in [0.25, 0.3) is 0 Å². The number of esters is 3.